The van der Waals surface area contributed by atoms with E-state index in [2.05, 4.69) is 5.32 Å². The summed E-state index contributed by atoms with van der Waals surface area (Å²) in [6, 6.07) is 0. The quantitative estimate of drug-likeness (QED) is 0.188. The largest absolute Gasteiger partial charge is 0.507 e. The molecule has 4 aliphatic rings. The van der Waals surface area contributed by atoms with E-state index in [1.165, 1.54) is 13.2 Å². The highest BCUT2D eigenvalue weighted by atomic mass is 16.8. The normalized spacial score (nSPS) is 40.8. The van der Waals surface area contributed by atoms with Gasteiger partial charge in [0.25, 0.3) is 5.91 Å². The first-order valence-electron chi connectivity index (χ1n) is 12.2. The van der Waals surface area contributed by atoms with Gasteiger partial charge in [-0.3, -0.25) is 19.2 Å². The number of esters is 1. The number of fused-ring (bicyclic) bond motifs is 1. The van der Waals surface area contributed by atoms with Crippen LogP contribution in [0.2, 0.25) is 0 Å². The number of carbonyl (C=O) groups is 4. The van der Waals surface area contributed by atoms with Crippen LogP contribution in [-0.4, -0.2) is 72.4 Å². The van der Waals surface area contributed by atoms with E-state index in [9.17, 15) is 24.3 Å². The second kappa shape index (κ2) is 9.57. The summed E-state index contributed by atoms with van der Waals surface area (Å²) >= 11 is 0. The molecule has 4 heterocycles. The predicted molar refractivity (Wildman–Crippen MR) is 125 cm³/mol. The van der Waals surface area contributed by atoms with E-state index in [4.69, 9.17) is 18.9 Å². The van der Waals surface area contributed by atoms with E-state index in [1.54, 1.807) is 26.8 Å². The van der Waals surface area contributed by atoms with Gasteiger partial charge in [0.1, 0.15) is 29.5 Å². The van der Waals surface area contributed by atoms with Crippen molar-refractivity contribution in [3.8, 4) is 0 Å². The summed E-state index contributed by atoms with van der Waals surface area (Å²) in [5.41, 5.74) is 0.477. The number of ether oxygens (including phenoxy) is 4. The lowest BCUT2D eigenvalue weighted by molar-refractivity contribution is -0.373. The van der Waals surface area contributed by atoms with E-state index < -0.39 is 65.5 Å². The summed E-state index contributed by atoms with van der Waals surface area (Å²) < 4.78 is 23.9. The highest BCUT2D eigenvalue weighted by Crippen LogP contribution is 2.53. The second-order valence-corrected chi connectivity index (χ2v) is 10.1. The van der Waals surface area contributed by atoms with Gasteiger partial charge < -0.3 is 29.4 Å². The Morgan fingerprint density at radius 1 is 1.19 bits per heavy atom. The average molecular weight is 504 g/mol. The third-order valence-electron chi connectivity index (χ3n) is 7.65. The van der Waals surface area contributed by atoms with Gasteiger partial charge >= 0.3 is 5.97 Å². The van der Waals surface area contributed by atoms with Crippen molar-refractivity contribution in [2.75, 3.05) is 13.7 Å². The molecule has 0 saturated carbocycles. The fourth-order valence-corrected chi connectivity index (χ4v) is 5.86. The first-order chi connectivity index (χ1) is 16.9. The van der Waals surface area contributed by atoms with Crippen LogP contribution >= 0.6 is 0 Å². The molecule has 1 amide bonds. The Hall–Kier alpha value is -2.82. The predicted octanol–water partition coefficient (Wildman–Crippen LogP) is 1.55. The molecule has 2 N–H and O–H groups in total. The number of Topliss-reactive ketones (excluding diaryl/α,β-unsaturated/α-hetero) is 2. The molecule has 0 aromatic rings. The van der Waals surface area contributed by atoms with Gasteiger partial charge in [-0.05, 0) is 19.9 Å². The molecule has 0 aromatic carbocycles. The van der Waals surface area contributed by atoms with E-state index in [0.29, 0.717) is 0 Å². The van der Waals surface area contributed by atoms with E-state index in [0.717, 1.165) is 5.57 Å². The van der Waals surface area contributed by atoms with Gasteiger partial charge in [-0.1, -0.05) is 38.5 Å². The molecule has 0 aromatic heterocycles. The topological polar surface area (TPSA) is 137 Å². The number of aliphatic hydroxyl groups excluding tert-OH is 1. The number of allylic oxidation sites excluding steroid dienone is 3. The van der Waals surface area contributed by atoms with Crippen LogP contribution in [0, 0.1) is 23.7 Å². The summed E-state index contributed by atoms with van der Waals surface area (Å²) in [7, 11) is 1.30. The summed E-state index contributed by atoms with van der Waals surface area (Å²) in [5.74, 6) is -5.40. The lowest BCUT2D eigenvalue weighted by Gasteiger charge is -2.54. The smallest absolute Gasteiger partial charge is 0.316 e. The van der Waals surface area contributed by atoms with E-state index >= 15 is 0 Å². The molecule has 4 fully saturated rings. The Bertz CT molecular complexity index is 1060. The van der Waals surface area contributed by atoms with Gasteiger partial charge in [0.05, 0.1) is 25.9 Å². The Morgan fingerprint density at radius 2 is 1.89 bits per heavy atom. The van der Waals surface area contributed by atoms with Crippen molar-refractivity contribution in [1.82, 2.24) is 5.32 Å². The third-order valence-corrected chi connectivity index (χ3v) is 7.65. The Balaban J connectivity index is 1.62. The number of nitrogens with one attached hydrogen (secondary N) is 1. The second-order valence-electron chi connectivity index (χ2n) is 10.1. The molecule has 4 unspecified atom stereocenters. The molecular formula is C26H33NO9. The number of hydrogen-bond donors (Lipinski definition) is 2. The molecule has 4 aliphatic heterocycles. The minimum absolute atomic E-state index is 0.0852. The van der Waals surface area contributed by atoms with Crippen molar-refractivity contribution in [1.29, 1.82) is 0 Å². The van der Waals surface area contributed by atoms with Gasteiger partial charge in [0.15, 0.2) is 11.6 Å². The molecule has 4 rings (SSSR count). The van der Waals surface area contributed by atoms with Crippen LogP contribution in [0.4, 0.5) is 0 Å². The molecule has 4 saturated heterocycles. The van der Waals surface area contributed by atoms with Gasteiger partial charge in [0.2, 0.25) is 5.79 Å². The maximum atomic E-state index is 13.2. The van der Waals surface area contributed by atoms with Crippen LogP contribution in [0.25, 0.3) is 0 Å². The first kappa shape index (κ1) is 26.2. The zero-order valence-corrected chi connectivity index (χ0v) is 21.3. The summed E-state index contributed by atoms with van der Waals surface area (Å²) in [4.78, 5) is 49.5. The SMILES string of the molecule is COC(=O)[C@H]1[C@@H](C)OC2[C@H](C)C(=O)C3O[C@@]21O[C@H](C(C)/C=C(C)/C=C/C(O)=C1/C(=O)CNC1=O)C3C. The fraction of sp³-hybridized carbons (Fsp3) is 0.615. The van der Waals surface area contributed by atoms with Crippen molar-refractivity contribution in [2.24, 2.45) is 23.7 Å². The van der Waals surface area contributed by atoms with Crippen molar-refractivity contribution in [3.63, 3.8) is 0 Å². The summed E-state index contributed by atoms with van der Waals surface area (Å²) in [6.45, 7) is 9.00. The molecule has 0 radical (unpaired) electrons. The Labute approximate surface area is 209 Å². The number of methoxy groups -OCH3 is 1. The molecule has 2 bridgehead atoms. The van der Waals surface area contributed by atoms with Crippen LogP contribution < -0.4 is 5.32 Å². The fourth-order valence-electron chi connectivity index (χ4n) is 5.86. The van der Waals surface area contributed by atoms with Gasteiger partial charge in [-0.2, -0.15) is 0 Å². The van der Waals surface area contributed by atoms with Crippen molar-refractivity contribution < 1.29 is 43.2 Å². The molecule has 10 heteroatoms. The lowest BCUT2D eigenvalue weighted by Crippen LogP contribution is -2.70. The lowest BCUT2D eigenvalue weighted by atomic mass is 9.74. The van der Waals surface area contributed by atoms with Crippen LogP contribution in [-0.2, 0) is 38.1 Å². The average Bonchev–Trinajstić information content (AvgIpc) is 3.32. The van der Waals surface area contributed by atoms with E-state index in [-0.39, 0.29) is 29.7 Å². The van der Waals surface area contributed by atoms with Crippen LogP contribution in [0.15, 0.2) is 35.1 Å². The van der Waals surface area contributed by atoms with Crippen molar-refractivity contribution >= 4 is 23.4 Å². The molecule has 36 heavy (non-hydrogen) atoms. The van der Waals surface area contributed by atoms with Crippen LogP contribution in [0.1, 0.15) is 34.6 Å². The monoisotopic (exact) mass is 503 g/mol. The Kier molecular flexibility index (Phi) is 6.98. The molecule has 10 nitrogen and oxygen atoms in total. The standard InChI is InChI=1S/C26H33NO9/c1-11(7-8-16(28)18-17(29)10-27-24(18)31)9-12(2)21-14(4)22-20(30)13(3)23-26(35-21,36-22)19(15(5)34-23)25(32)33-6/h7-9,12-15,19,21-23,28H,10H2,1-6H3,(H,27,31)/b8-7+,11-9+,18-16+/t12?,13-,14?,15-,19-,21-,22?,23?,26-/m1/s1. The zero-order chi connectivity index (χ0) is 26.5. The highest BCUT2D eigenvalue weighted by molar-refractivity contribution is 6.25. The zero-order valence-electron chi connectivity index (χ0n) is 21.3. The number of amides is 1. The third kappa shape index (κ3) is 4.10. The number of carbonyl (C=O) groups excluding carboxylic acids is 4. The van der Waals surface area contributed by atoms with Crippen molar-refractivity contribution in [2.45, 2.75) is 64.8 Å². The number of rotatable bonds is 5. The molecule has 196 valence electrons. The molecular weight excluding hydrogens is 470 g/mol. The highest BCUT2D eigenvalue weighted by Gasteiger charge is 2.71. The molecule has 1 spiro atoms. The van der Waals surface area contributed by atoms with Gasteiger partial charge in [-0.25, -0.2) is 0 Å². The van der Waals surface area contributed by atoms with E-state index in [1.807, 2.05) is 19.9 Å². The number of ketones is 2. The molecule has 9 atom stereocenters. The van der Waals surface area contributed by atoms with Crippen LogP contribution in [0.5, 0.6) is 0 Å². The maximum Gasteiger partial charge on any atom is 0.316 e. The number of aliphatic hydroxyl groups is 1. The number of hydrogen-bond acceptors (Lipinski definition) is 9. The Morgan fingerprint density at radius 3 is 2.50 bits per heavy atom. The van der Waals surface area contributed by atoms with Gasteiger partial charge in [-0.15, -0.1) is 0 Å². The van der Waals surface area contributed by atoms with Gasteiger partial charge in [0, 0.05) is 17.8 Å². The summed E-state index contributed by atoms with van der Waals surface area (Å²) in [5, 5.41) is 12.6. The van der Waals surface area contributed by atoms with Crippen LogP contribution in [0.3, 0.4) is 0 Å². The minimum Gasteiger partial charge on any atom is -0.507 e. The van der Waals surface area contributed by atoms with Crippen molar-refractivity contribution in [3.05, 3.63) is 35.1 Å². The molecule has 0 aliphatic carbocycles. The maximum absolute atomic E-state index is 13.2. The summed E-state index contributed by atoms with van der Waals surface area (Å²) in [6.07, 6.45) is 2.25. The first-order valence-corrected chi connectivity index (χ1v) is 12.2. The minimum atomic E-state index is -1.44.